The van der Waals surface area contributed by atoms with Crippen molar-refractivity contribution >= 4 is 22.0 Å². The van der Waals surface area contributed by atoms with Crippen LogP contribution in [0.25, 0.3) is 0 Å². The molecule has 0 heterocycles. The molecule has 0 aliphatic heterocycles. The molecular weight excluding hydrogens is 225 g/mol. The molecule has 1 atom stereocenters. The van der Waals surface area contributed by atoms with E-state index in [4.69, 9.17) is 0 Å². The first-order valence-corrected chi connectivity index (χ1v) is 4.12. The number of aliphatic imine (C=N–C) groups is 1. The van der Waals surface area contributed by atoms with Gasteiger partial charge in [0.05, 0.1) is 0 Å². The summed E-state index contributed by atoms with van der Waals surface area (Å²) < 4.78 is 12.9. The molecule has 0 aliphatic carbocycles. The van der Waals surface area contributed by atoms with Crippen LogP contribution in [0.3, 0.4) is 0 Å². The van der Waals surface area contributed by atoms with Gasteiger partial charge < -0.3 is 0 Å². The van der Waals surface area contributed by atoms with Crippen LogP contribution in [0.5, 0.6) is 0 Å². The summed E-state index contributed by atoms with van der Waals surface area (Å²) in [7, 11) is 0. The second-order valence-electron chi connectivity index (χ2n) is 2.08. The van der Waals surface area contributed by atoms with Gasteiger partial charge in [-0.05, 0) is 6.07 Å². The Hall–Kier alpha value is -0.990. The van der Waals surface area contributed by atoms with Crippen molar-refractivity contribution in [2.24, 2.45) is 4.99 Å². The number of alkyl halides is 1. The number of hydrogen-bond donors (Lipinski definition) is 0. The maximum Gasteiger partial charge on any atom is 0.236 e. The summed E-state index contributed by atoms with van der Waals surface area (Å²) in [5, 5.41) is 0. The highest BCUT2D eigenvalue weighted by Crippen LogP contribution is 2.25. The smallest absolute Gasteiger partial charge is 0.211 e. The van der Waals surface area contributed by atoms with Gasteiger partial charge in [0, 0.05) is 5.56 Å². The highest BCUT2D eigenvalue weighted by Gasteiger charge is 2.09. The average Bonchev–Trinajstić information content (AvgIpc) is 2.05. The Kier molecular flexibility index (Phi) is 3.14. The van der Waals surface area contributed by atoms with E-state index in [1.54, 1.807) is 18.2 Å². The minimum Gasteiger partial charge on any atom is -0.211 e. The quantitative estimate of drug-likeness (QED) is 0.332. The van der Waals surface area contributed by atoms with Crippen LogP contribution in [0.15, 0.2) is 29.3 Å². The van der Waals surface area contributed by atoms with Crippen LogP contribution in [-0.2, 0) is 4.79 Å². The molecule has 0 N–H and O–H groups in total. The molecule has 0 amide bonds. The van der Waals surface area contributed by atoms with Gasteiger partial charge in [0.15, 0.2) is 0 Å². The molecule has 62 valence electrons. The third kappa shape index (κ3) is 2.00. The zero-order valence-electron chi connectivity index (χ0n) is 6.00. The number of nitrogens with zero attached hydrogens (tertiary/aromatic N) is 1. The normalized spacial score (nSPS) is 11.8. The van der Waals surface area contributed by atoms with Crippen molar-refractivity contribution in [3.05, 3.63) is 35.6 Å². The molecule has 2 nitrogen and oxygen atoms in total. The van der Waals surface area contributed by atoms with E-state index < -0.39 is 10.8 Å². The van der Waals surface area contributed by atoms with Crippen LogP contribution in [-0.4, -0.2) is 6.08 Å². The summed E-state index contributed by atoms with van der Waals surface area (Å²) in [6.45, 7) is 0. The Morgan fingerprint density at radius 1 is 1.50 bits per heavy atom. The zero-order chi connectivity index (χ0) is 8.97. The topological polar surface area (TPSA) is 29.4 Å². The molecule has 0 aromatic heterocycles. The van der Waals surface area contributed by atoms with Gasteiger partial charge in [-0.25, -0.2) is 9.18 Å². The van der Waals surface area contributed by atoms with Gasteiger partial charge >= 0.3 is 0 Å². The SMILES string of the molecule is O=C=NC(Br)c1ccccc1F. The number of isocyanates is 1. The van der Waals surface area contributed by atoms with Crippen LogP contribution in [0.1, 0.15) is 10.5 Å². The molecule has 1 rings (SSSR count). The predicted molar refractivity (Wildman–Crippen MR) is 46.2 cm³/mol. The Labute approximate surface area is 77.3 Å². The molecule has 0 bridgehead atoms. The van der Waals surface area contributed by atoms with Crippen molar-refractivity contribution in [1.29, 1.82) is 0 Å². The van der Waals surface area contributed by atoms with E-state index in [0.717, 1.165) is 0 Å². The number of halogens is 2. The van der Waals surface area contributed by atoms with Crippen molar-refractivity contribution < 1.29 is 9.18 Å². The van der Waals surface area contributed by atoms with E-state index in [2.05, 4.69) is 20.9 Å². The minimum atomic E-state index is -0.642. The fraction of sp³-hybridized carbons (Fsp3) is 0.125. The van der Waals surface area contributed by atoms with E-state index in [-0.39, 0.29) is 0 Å². The lowest BCUT2D eigenvalue weighted by molar-refractivity contribution is 0.561. The molecule has 1 unspecified atom stereocenters. The highest BCUT2D eigenvalue weighted by atomic mass is 79.9. The standard InChI is InChI=1S/C8H5BrFNO/c9-8(11-5-12)6-3-1-2-4-7(6)10/h1-4,8H. The highest BCUT2D eigenvalue weighted by molar-refractivity contribution is 9.09. The molecule has 12 heavy (non-hydrogen) atoms. The van der Waals surface area contributed by atoms with Crippen LogP contribution in [0.4, 0.5) is 4.39 Å². The molecule has 1 aromatic rings. The van der Waals surface area contributed by atoms with Crippen molar-refractivity contribution in [2.45, 2.75) is 4.95 Å². The summed E-state index contributed by atoms with van der Waals surface area (Å²) >= 11 is 3.03. The Morgan fingerprint density at radius 2 is 2.17 bits per heavy atom. The van der Waals surface area contributed by atoms with Gasteiger partial charge in [0.1, 0.15) is 10.8 Å². The second-order valence-corrected chi connectivity index (χ2v) is 2.95. The molecule has 1 aromatic carbocycles. The number of carbonyl (C=O) groups excluding carboxylic acids is 1. The largest absolute Gasteiger partial charge is 0.236 e. The fourth-order valence-corrected chi connectivity index (χ4v) is 1.24. The predicted octanol–water partition coefficient (Wildman–Crippen LogP) is 2.56. The number of rotatable bonds is 2. The third-order valence-electron chi connectivity index (χ3n) is 1.33. The van der Waals surface area contributed by atoms with Crippen LogP contribution < -0.4 is 0 Å². The summed E-state index contributed by atoms with van der Waals surface area (Å²) in [5.74, 6) is -0.390. The zero-order valence-corrected chi connectivity index (χ0v) is 7.58. The molecule has 0 spiro atoms. The maximum atomic E-state index is 12.9. The lowest BCUT2D eigenvalue weighted by Gasteiger charge is -2.02. The molecule has 0 radical (unpaired) electrons. The first-order chi connectivity index (χ1) is 5.75. The number of hydrogen-bond acceptors (Lipinski definition) is 2. The van der Waals surface area contributed by atoms with E-state index in [1.807, 2.05) is 0 Å². The van der Waals surface area contributed by atoms with Gasteiger partial charge in [-0.15, -0.1) is 0 Å². The summed E-state index contributed by atoms with van der Waals surface area (Å²) in [6.07, 6.45) is 1.35. The van der Waals surface area contributed by atoms with Crippen LogP contribution >= 0.6 is 15.9 Å². The number of benzene rings is 1. The van der Waals surface area contributed by atoms with Crippen molar-refractivity contribution in [1.82, 2.24) is 0 Å². The minimum absolute atomic E-state index is 0.334. The third-order valence-corrected chi connectivity index (χ3v) is 2.03. The molecule has 4 heteroatoms. The van der Waals surface area contributed by atoms with Gasteiger partial charge in [-0.2, -0.15) is 4.99 Å². The average molecular weight is 230 g/mol. The van der Waals surface area contributed by atoms with E-state index >= 15 is 0 Å². The molecule has 0 saturated carbocycles. The van der Waals surface area contributed by atoms with E-state index in [0.29, 0.717) is 5.56 Å². The van der Waals surface area contributed by atoms with E-state index in [1.165, 1.54) is 12.1 Å². The Balaban J connectivity index is 3.02. The Bertz CT molecular complexity index is 323. The van der Waals surface area contributed by atoms with Crippen molar-refractivity contribution in [3.8, 4) is 0 Å². The second kappa shape index (κ2) is 4.14. The van der Waals surface area contributed by atoms with Gasteiger partial charge in [-0.1, -0.05) is 34.1 Å². The summed E-state index contributed by atoms with van der Waals surface area (Å²) in [6, 6.07) is 6.11. The van der Waals surface area contributed by atoms with E-state index in [9.17, 15) is 9.18 Å². The lowest BCUT2D eigenvalue weighted by Crippen LogP contribution is -1.89. The molecular formula is C8H5BrFNO. The maximum absolute atomic E-state index is 12.9. The Morgan fingerprint density at radius 3 is 2.75 bits per heavy atom. The van der Waals surface area contributed by atoms with Crippen molar-refractivity contribution in [3.63, 3.8) is 0 Å². The fourth-order valence-electron chi connectivity index (χ4n) is 0.784. The monoisotopic (exact) mass is 229 g/mol. The molecule has 0 fully saturated rings. The lowest BCUT2D eigenvalue weighted by atomic mass is 10.2. The first kappa shape index (κ1) is 9.10. The van der Waals surface area contributed by atoms with Crippen LogP contribution in [0, 0.1) is 5.82 Å². The first-order valence-electron chi connectivity index (χ1n) is 3.21. The molecule has 0 aliphatic rings. The molecule has 0 saturated heterocycles. The van der Waals surface area contributed by atoms with Crippen LogP contribution in [0.2, 0.25) is 0 Å². The van der Waals surface area contributed by atoms with Gasteiger partial charge in [0.2, 0.25) is 6.08 Å². The van der Waals surface area contributed by atoms with Gasteiger partial charge in [0.25, 0.3) is 0 Å². The van der Waals surface area contributed by atoms with Gasteiger partial charge in [-0.3, -0.25) is 0 Å². The summed E-state index contributed by atoms with van der Waals surface area (Å²) in [4.78, 5) is 12.5. The van der Waals surface area contributed by atoms with Crippen molar-refractivity contribution in [2.75, 3.05) is 0 Å². The summed E-state index contributed by atoms with van der Waals surface area (Å²) in [5.41, 5.74) is 0.334.